The highest BCUT2D eigenvalue weighted by atomic mass is 16.5. The quantitative estimate of drug-likeness (QED) is 0.889. The van der Waals surface area contributed by atoms with Crippen molar-refractivity contribution in [2.24, 2.45) is 0 Å². The Morgan fingerprint density at radius 2 is 2.23 bits per heavy atom. The second-order valence-electron chi connectivity index (χ2n) is 5.59. The van der Waals surface area contributed by atoms with E-state index in [2.05, 4.69) is 27.7 Å². The highest BCUT2D eigenvalue weighted by molar-refractivity contribution is 5.90. The van der Waals surface area contributed by atoms with Gasteiger partial charge >= 0.3 is 6.03 Å². The van der Waals surface area contributed by atoms with Crippen LogP contribution in [0.1, 0.15) is 48.5 Å². The third-order valence-electron chi connectivity index (χ3n) is 3.80. The summed E-state index contributed by atoms with van der Waals surface area (Å²) in [4.78, 5) is 16.3. The fourth-order valence-corrected chi connectivity index (χ4v) is 2.36. The molecule has 2 aromatic rings. The van der Waals surface area contributed by atoms with Crippen LogP contribution < -0.4 is 10.6 Å². The van der Waals surface area contributed by atoms with Crippen molar-refractivity contribution in [3.63, 3.8) is 0 Å². The SMILES string of the molecule is CCc1cccc(C)c1NC(=O)NCc1nc(C2CC2)no1. The van der Waals surface area contributed by atoms with E-state index in [1.54, 1.807) is 0 Å². The zero-order valence-electron chi connectivity index (χ0n) is 12.8. The van der Waals surface area contributed by atoms with E-state index in [9.17, 15) is 4.79 Å². The molecule has 1 aromatic carbocycles. The molecular weight excluding hydrogens is 280 g/mol. The van der Waals surface area contributed by atoms with Crippen LogP contribution in [-0.4, -0.2) is 16.2 Å². The van der Waals surface area contributed by atoms with Crippen LogP contribution >= 0.6 is 0 Å². The maximum atomic E-state index is 12.0. The topological polar surface area (TPSA) is 80.0 Å². The molecule has 1 aromatic heterocycles. The van der Waals surface area contributed by atoms with Crippen LogP contribution in [0.15, 0.2) is 22.7 Å². The lowest BCUT2D eigenvalue weighted by molar-refractivity contribution is 0.249. The van der Waals surface area contributed by atoms with E-state index in [1.165, 1.54) is 0 Å². The highest BCUT2D eigenvalue weighted by Crippen LogP contribution is 2.38. The smallest absolute Gasteiger partial charge is 0.319 e. The molecule has 0 atom stereocenters. The van der Waals surface area contributed by atoms with Crippen molar-refractivity contribution in [3.05, 3.63) is 41.0 Å². The van der Waals surface area contributed by atoms with Crippen LogP contribution in [0.25, 0.3) is 0 Å². The Hall–Kier alpha value is -2.37. The summed E-state index contributed by atoms with van der Waals surface area (Å²) in [5.74, 6) is 1.65. The molecule has 22 heavy (non-hydrogen) atoms. The van der Waals surface area contributed by atoms with Crippen LogP contribution in [0.4, 0.5) is 10.5 Å². The van der Waals surface area contributed by atoms with E-state index in [0.29, 0.717) is 11.8 Å². The number of urea groups is 1. The molecule has 3 rings (SSSR count). The maximum absolute atomic E-state index is 12.0. The summed E-state index contributed by atoms with van der Waals surface area (Å²) in [5.41, 5.74) is 3.03. The molecule has 1 heterocycles. The molecule has 2 N–H and O–H groups in total. The molecular formula is C16H20N4O2. The molecule has 116 valence electrons. The Labute approximate surface area is 129 Å². The molecule has 0 aliphatic heterocycles. The first-order valence-corrected chi connectivity index (χ1v) is 7.63. The Bertz CT molecular complexity index is 677. The number of benzene rings is 1. The zero-order valence-corrected chi connectivity index (χ0v) is 12.8. The van der Waals surface area contributed by atoms with Crippen LogP contribution in [0.3, 0.4) is 0 Å². The molecule has 0 radical (unpaired) electrons. The Balaban J connectivity index is 1.58. The molecule has 1 aliphatic rings. The first-order valence-electron chi connectivity index (χ1n) is 7.63. The second kappa shape index (κ2) is 6.17. The Morgan fingerprint density at radius 1 is 1.41 bits per heavy atom. The number of carbonyl (C=O) groups is 1. The number of amides is 2. The van der Waals surface area contributed by atoms with E-state index in [1.807, 2.05) is 25.1 Å². The van der Waals surface area contributed by atoms with Gasteiger partial charge in [0.05, 0.1) is 6.54 Å². The normalized spacial score (nSPS) is 13.9. The van der Waals surface area contributed by atoms with Gasteiger partial charge in [-0.2, -0.15) is 4.98 Å². The summed E-state index contributed by atoms with van der Waals surface area (Å²) in [7, 11) is 0. The van der Waals surface area contributed by atoms with Gasteiger partial charge in [-0.15, -0.1) is 0 Å². The summed E-state index contributed by atoms with van der Waals surface area (Å²) in [6.45, 7) is 4.28. The molecule has 0 bridgehead atoms. The molecule has 0 spiro atoms. The average Bonchev–Trinajstić information content (AvgIpc) is 3.26. The van der Waals surface area contributed by atoms with Crippen LogP contribution in [-0.2, 0) is 13.0 Å². The number of para-hydroxylation sites is 1. The Morgan fingerprint density at radius 3 is 2.95 bits per heavy atom. The standard InChI is InChI=1S/C16H20N4O2/c1-3-11-6-4-5-10(2)14(11)19-16(21)17-9-13-18-15(20-22-13)12-7-8-12/h4-6,12H,3,7-9H2,1-2H3,(H2,17,19,21). The van der Waals surface area contributed by atoms with E-state index in [4.69, 9.17) is 4.52 Å². The fraction of sp³-hybridized carbons (Fsp3) is 0.438. The van der Waals surface area contributed by atoms with Crippen LogP contribution in [0.2, 0.25) is 0 Å². The van der Waals surface area contributed by atoms with Crippen molar-refractivity contribution in [1.29, 1.82) is 0 Å². The van der Waals surface area contributed by atoms with Gasteiger partial charge in [0.2, 0.25) is 5.89 Å². The number of rotatable bonds is 5. The van der Waals surface area contributed by atoms with Gasteiger partial charge in [-0.1, -0.05) is 30.3 Å². The number of hydrogen-bond acceptors (Lipinski definition) is 4. The number of aromatic nitrogens is 2. The van der Waals surface area contributed by atoms with Crippen molar-refractivity contribution in [2.45, 2.75) is 45.6 Å². The second-order valence-corrected chi connectivity index (χ2v) is 5.59. The summed E-state index contributed by atoms with van der Waals surface area (Å²) >= 11 is 0. The minimum Gasteiger partial charge on any atom is -0.337 e. The lowest BCUT2D eigenvalue weighted by Crippen LogP contribution is -2.29. The van der Waals surface area contributed by atoms with Crippen molar-refractivity contribution in [1.82, 2.24) is 15.5 Å². The predicted octanol–water partition coefficient (Wildman–Crippen LogP) is 3.14. The van der Waals surface area contributed by atoms with E-state index < -0.39 is 0 Å². The van der Waals surface area contributed by atoms with Gasteiger partial charge in [-0.25, -0.2) is 4.79 Å². The molecule has 2 amide bonds. The van der Waals surface area contributed by atoms with Crippen molar-refractivity contribution < 1.29 is 9.32 Å². The van der Waals surface area contributed by atoms with Gasteiger partial charge in [0, 0.05) is 11.6 Å². The third kappa shape index (κ3) is 3.27. The van der Waals surface area contributed by atoms with Crippen LogP contribution in [0, 0.1) is 6.92 Å². The minimum atomic E-state index is -0.268. The van der Waals surface area contributed by atoms with E-state index in [-0.39, 0.29) is 12.6 Å². The van der Waals surface area contributed by atoms with Gasteiger partial charge in [0.15, 0.2) is 5.82 Å². The number of nitrogens with one attached hydrogen (secondary N) is 2. The van der Waals surface area contributed by atoms with Crippen molar-refractivity contribution in [2.75, 3.05) is 5.32 Å². The summed E-state index contributed by atoms with van der Waals surface area (Å²) in [6.07, 6.45) is 3.12. The minimum absolute atomic E-state index is 0.235. The lowest BCUT2D eigenvalue weighted by atomic mass is 10.1. The van der Waals surface area contributed by atoms with Gasteiger partial charge in [-0.05, 0) is 37.3 Å². The number of aryl methyl sites for hydroxylation is 2. The summed E-state index contributed by atoms with van der Waals surface area (Å²) in [5, 5.41) is 9.58. The summed E-state index contributed by atoms with van der Waals surface area (Å²) < 4.78 is 5.13. The van der Waals surface area contributed by atoms with Gasteiger partial charge in [0.25, 0.3) is 0 Å². The zero-order chi connectivity index (χ0) is 15.5. The maximum Gasteiger partial charge on any atom is 0.319 e. The molecule has 1 fully saturated rings. The molecule has 6 nitrogen and oxygen atoms in total. The largest absolute Gasteiger partial charge is 0.337 e. The van der Waals surface area contributed by atoms with Gasteiger partial charge < -0.3 is 15.2 Å². The first kappa shape index (κ1) is 14.6. The average molecular weight is 300 g/mol. The van der Waals surface area contributed by atoms with E-state index in [0.717, 1.165) is 41.9 Å². The summed E-state index contributed by atoms with van der Waals surface area (Å²) in [6, 6.07) is 5.72. The Kier molecular flexibility index (Phi) is 4.09. The fourth-order valence-electron chi connectivity index (χ4n) is 2.36. The van der Waals surface area contributed by atoms with Crippen molar-refractivity contribution >= 4 is 11.7 Å². The number of hydrogen-bond donors (Lipinski definition) is 2. The molecule has 0 saturated heterocycles. The van der Waals surface area contributed by atoms with E-state index >= 15 is 0 Å². The molecule has 6 heteroatoms. The highest BCUT2D eigenvalue weighted by Gasteiger charge is 2.28. The van der Waals surface area contributed by atoms with Crippen molar-refractivity contribution in [3.8, 4) is 0 Å². The third-order valence-corrected chi connectivity index (χ3v) is 3.80. The number of nitrogens with zero attached hydrogens (tertiary/aromatic N) is 2. The number of carbonyl (C=O) groups excluding carboxylic acids is 1. The van der Waals surface area contributed by atoms with Crippen LogP contribution in [0.5, 0.6) is 0 Å². The predicted molar refractivity (Wildman–Crippen MR) is 82.7 cm³/mol. The van der Waals surface area contributed by atoms with Gasteiger partial charge in [-0.3, -0.25) is 0 Å². The monoisotopic (exact) mass is 300 g/mol. The lowest BCUT2D eigenvalue weighted by Gasteiger charge is -2.13. The molecule has 1 saturated carbocycles. The molecule has 0 unspecified atom stereocenters. The first-order chi connectivity index (χ1) is 10.7. The van der Waals surface area contributed by atoms with Gasteiger partial charge in [0.1, 0.15) is 0 Å². The number of anilines is 1. The molecule has 1 aliphatic carbocycles.